The van der Waals surface area contributed by atoms with Crippen molar-refractivity contribution in [2.24, 2.45) is 0 Å². The first-order chi connectivity index (χ1) is 10.2. The molecule has 19 heavy (non-hydrogen) atoms. The zero-order valence-electron chi connectivity index (χ0n) is 12.8. The van der Waals surface area contributed by atoms with Crippen molar-refractivity contribution in [1.82, 2.24) is 10.3 Å². The van der Waals surface area contributed by atoms with Gasteiger partial charge in [-0.1, -0.05) is 0 Å². The summed E-state index contributed by atoms with van der Waals surface area (Å²) >= 11 is 0. The third-order valence-corrected chi connectivity index (χ3v) is 3.13. The molecule has 1 aromatic heterocycles. The number of hydrogen-bond acceptors (Lipinski definition) is 4. The van der Waals surface area contributed by atoms with E-state index in [1.54, 1.807) is 4.90 Å². The summed E-state index contributed by atoms with van der Waals surface area (Å²) in [4.78, 5) is 6.50. The maximum Gasteiger partial charge on any atom is 0.417 e. The Morgan fingerprint density at radius 1 is 1.47 bits per heavy atom. The lowest BCUT2D eigenvalue weighted by molar-refractivity contribution is -0.137. The number of piperazine rings is 1. The van der Waals surface area contributed by atoms with Gasteiger partial charge in [0, 0.05) is 48.8 Å². The van der Waals surface area contributed by atoms with Gasteiger partial charge in [0.1, 0.15) is 0 Å². The minimum atomic E-state index is -4.57. The molecule has 0 amide bonds. The summed E-state index contributed by atoms with van der Waals surface area (Å²) in [5.41, 5.74) is -0.352. The molecule has 1 fully saturated rings. The lowest BCUT2D eigenvalue weighted by Crippen LogP contribution is -2.45. The first-order valence-corrected chi connectivity index (χ1v) is 5.73. The third-order valence-electron chi connectivity index (χ3n) is 3.13. The molecule has 102 valence electrons. The van der Waals surface area contributed by atoms with Gasteiger partial charge in [0.15, 0.2) is 5.82 Å². The van der Waals surface area contributed by atoms with Crippen molar-refractivity contribution in [2.75, 3.05) is 36.4 Å². The zero-order valence-corrected chi connectivity index (χ0v) is 9.83. The summed E-state index contributed by atoms with van der Waals surface area (Å²) in [5.74, 6) is 0.239. The highest BCUT2D eigenvalue weighted by atomic mass is 19.4. The number of anilines is 2. The first kappa shape index (κ1) is 9.19. The minimum Gasteiger partial charge on any atom is -0.346 e. The van der Waals surface area contributed by atoms with Gasteiger partial charge in [-0.25, -0.2) is 4.98 Å². The molecular formula is C12H13F3N4. The molecule has 0 spiro atoms. The summed E-state index contributed by atoms with van der Waals surface area (Å²) in [6.45, 7) is -0.981. The summed E-state index contributed by atoms with van der Waals surface area (Å²) in [6.07, 6.45) is -2.47. The first-order valence-electron chi connectivity index (χ1n) is 7.23. The van der Waals surface area contributed by atoms with Crippen LogP contribution in [0.3, 0.4) is 0 Å². The summed E-state index contributed by atoms with van der Waals surface area (Å²) in [7, 11) is 0. The molecule has 0 unspecified atom stereocenters. The molecule has 1 saturated heterocycles. The van der Waals surface area contributed by atoms with Crippen LogP contribution in [0, 0.1) is 0 Å². The zero-order chi connectivity index (χ0) is 16.1. The van der Waals surface area contributed by atoms with Crippen molar-refractivity contribution < 1.29 is 17.3 Å². The van der Waals surface area contributed by atoms with E-state index in [-0.39, 0.29) is 11.5 Å². The molecule has 0 radical (unpaired) electrons. The molecule has 2 aliphatic rings. The normalized spacial score (nSPS) is 21.8. The fraction of sp³-hybridized carbons (Fsp3) is 0.417. The Balaban J connectivity index is 2.15. The van der Waals surface area contributed by atoms with Crippen LogP contribution < -0.4 is 15.1 Å². The molecule has 0 atom stereocenters. The van der Waals surface area contributed by atoms with E-state index in [1.807, 2.05) is 0 Å². The molecule has 2 aliphatic heterocycles. The number of halogens is 3. The molecule has 0 aliphatic carbocycles. The van der Waals surface area contributed by atoms with Crippen LogP contribution in [0.2, 0.25) is 0 Å². The van der Waals surface area contributed by atoms with Crippen LogP contribution in [-0.2, 0) is 6.18 Å². The highest BCUT2D eigenvalue weighted by molar-refractivity contribution is 5.74. The van der Waals surface area contributed by atoms with Gasteiger partial charge in [-0.15, -0.1) is 0 Å². The van der Waals surface area contributed by atoms with Crippen molar-refractivity contribution in [2.45, 2.75) is 6.18 Å². The number of aromatic nitrogens is 1. The van der Waals surface area contributed by atoms with E-state index in [0.29, 0.717) is 25.3 Å². The SMILES string of the molecule is [2H]C([2H])([2H])N1C=C2CNCCN2c2ncc(C(F)(F)F)cc21. The largest absolute Gasteiger partial charge is 0.417 e. The Kier molecular flexibility index (Phi) is 2.00. The Labute approximate surface area is 112 Å². The fourth-order valence-electron chi connectivity index (χ4n) is 2.21. The van der Waals surface area contributed by atoms with E-state index in [9.17, 15) is 13.2 Å². The molecule has 0 saturated carbocycles. The predicted molar refractivity (Wildman–Crippen MR) is 65.9 cm³/mol. The van der Waals surface area contributed by atoms with E-state index in [1.165, 1.54) is 6.20 Å². The van der Waals surface area contributed by atoms with Gasteiger partial charge < -0.3 is 15.1 Å². The van der Waals surface area contributed by atoms with Crippen LogP contribution in [0.15, 0.2) is 24.2 Å². The van der Waals surface area contributed by atoms with Crippen molar-refractivity contribution in [1.29, 1.82) is 0 Å². The van der Waals surface area contributed by atoms with Crippen LogP contribution in [0.4, 0.5) is 24.7 Å². The number of rotatable bonds is 0. The Morgan fingerprint density at radius 2 is 2.32 bits per heavy atom. The van der Waals surface area contributed by atoms with E-state index in [2.05, 4.69) is 10.3 Å². The fourth-order valence-corrected chi connectivity index (χ4v) is 2.21. The van der Waals surface area contributed by atoms with Gasteiger partial charge in [-0.2, -0.15) is 13.2 Å². The van der Waals surface area contributed by atoms with Crippen molar-refractivity contribution in [3.05, 3.63) is 29.7 Å². The van der Waals surface area contributed by atoms with E-state index in [0.717, 1.165) is 17.2 Å². The molecule has 1 aromatic rings. The van der Waals surface area contributed by atoms with Gasteiger partial charge in [-0.3, -0.25) is 0 Å². The standard InChI is InChI=1S/C12H13F3N4/c1-18-7-9-6-16-2-3-19(9)11-10(18)4-8(5-17-11)12(13,14)15/h4-5,7,16H,2-3,6H2,1H3/i1D3. The van der Waals surface area contributed by atoms with Crippen LogP contribution in [-0.4, -0.2) is 31.6 Å². The van der Waals surface area contributed by atoms with E-state index < -0.39 is 18.7 Å². The van der Waals surface area contributed by atoms with Crippen LogP contribution >= 0.6 is 0 Å². The van der Waals surface area contributed by atoms with Gasteiger partial charge in [0.05, 0.1) is 11.3 Å². The van der Waals surface area contributed by atoms with Gasteiger partial charge in [-0.05, 0) is 6.07 Å². The maximum atomic E-state index is 12.9. The summed E-state index contributed by atoms with van der Waals surface area (Å²) in [6, 6.07) is 0.837. The van der Waals surface area contributed by atoms with Crippen molar-refractivity contribution in [3.8, 4) is 0 Å². The molecule has 3 rings (SSSR count). The summed E-state index contributed by atoms with van der Waals surface area (Å²) in [5, 5.41) is 3.09. The number of nitrogens with one attached hydrogen (secondary N) is 1. The minimum absolute atomic E-state index is 0.0551. The number of hydrogen-bond donors (Lipinski definition) is 1. The van der Waals surface area contributed by atoms with Gasteiger partial charge >= 0.3 is 6.18 Å². The number of nitrogens with zero attached hydrogens (tertiary/aromatic N) is 3. The summed E-state index contributed by atoms with van der Waals surface area (Å²) < 4.78 is 61.3. The highest BCUT2D eigenvalue weighted by Gasteiger charge is 2.34. The quantitative estimate of drug-likeness (QED) is 0.781. The molecule has 0 bridgehead atoms. The number of fused-ring (bicyclic) bond motifs is 3. The molecular weight excluding hydrogens is 257 g/mol. The van der Waals surface area contributed by atoms with E-state index in [4.69, 9.17) is 4.11 Å². The average molecular weight is 273 g/mol. The molecule has 4 nitrogen and oxygen atoms in total. The van der Waals surface area contributed by atoms with E-state index >= 15 is 0 Å². The molecule has 7 heteroatoms. The number of alkyl halides is 3. The van der Waals surface area contributed by atoms with Crippen LogP contribution in [0.5, 0.6) is 0 Å². The number of pyridine rings is 1. The van der Waals surface area contributed by atoms with Crippen LogP contribution in [0.25, 0.3) is 0 Å². The average Bonchev–Trinajstić information content (AvgIpc) is 2.44. The lowest BCUT2D eigenvalue weighted by atomic mass is 10.1. The Morgan fingerprint density at radius 3 is 3.05 bits per heavy atom. The molecule has 1 N–H and O–H groups in total. The second-order valence-electron chi connectivity index (χ2n) is 4.38. The van der Waals surface area contributed by atoms with Crippen molar-refractivity contribution >= 4 is 11.5 Å². The highest BCUT2D eigenvalue weighted by Crippen LogP contribution is 2.38. The van der Waals surface area contributed by atoms with Crippen LogP contribution in [0.1, 0.15) is 9.68 Å². The third kappa shape index (κ3) is 2.03. The van der Waals surface area contributed by atoms with Gasteiger partial charge in [0.25, 0.3) is 0 Å². The second kappa shape index (κ2) is 4.12. The molecule has 0 aromatic carbocycles. The van der Waals surface area contributed by atoms with Gasteiger partial charge in [0.2, 0.25) is 0 Å². The Hall–Kier alpha value is -1.76. The topological polar surface area (TPSA) is 31.4 Å². The predicted octanol–water partition coefficient (Wildman–Crippen LogP) is 1.80. The Bertz CT molecular complexity index is 627. The molecule has 3 heterocycles. The smallest absolute Gasteiger partial charge is 0.346 e. The second-order valence-corrected chi connectivity index (χ2v) is 4.38. The maximum absolute atomic E-state index is 12.9. The monoisotopic (exact) mass is 273 g/mol. The van der Waals surface area contributed by atoms with Crippen molar-refractivity contribution in [3.63, 3.8) is 0 Å². The lowest BCUT2D eigenvalue weighted by Gasteiger charge is -2.38.